The van der Waals surface area contributed by atoms with Gasteiger partial charge in [0.15, 0.2) is 0 Å². The number of amides is 2. The van der Waals surface area contributed by atoms with E-state index in [2.05, 4.69) is 5.32 Å². The Morgan fingerprint density at radius 1 is 1.38 bits per heavy atom. The predicted octanol–water partition coefficient (Wildman–Crippen LogP) is 1.41. The zero-order valence-corrected chi connectivity index (χ0v) is 11.9. The van der Waals surface area contributed by atoms with Crippen molar-refractivity contribution in [3.8, 4) is 0 Å². The molecule has 0 spiro atoms. The average Bonchev–Trinajstić information content (AvgIpc) is 2.89. The zero-order chi connectivity index (χ0) is 14.9. The first kappa shape index (κ1) is 13.9. The molecule has 0 atom stereocenters. The molecule has 112 valence electrons. The number of esters is 1. The van der Waals surface area contributed by atoms with Crippen LogP contribution < -0.4 is 10.2 Å². The number of rotatable bonds is 4. The third-order valence-corrected chi connectivity index (χ3v) is 3.72. The highest BCUT2D eigenvalue weighted by Crippen LogP contribution is 2.27. The summed E-state index contributed by atoms with van der Waals surface area (Å²) in [6, 6.07) is 6.78. The number of anilines is 1. The number of hydrogen-bond donors (Lipinski definition) is 1. The van der Waals surface area contributed by atoms with E-state index < -0.39 is 0 Å². The van der Waals surface area contributed by atoms with Gasteiger partial charge in [-0.25, -0.2) is 9.59 Å². The maximum Gasteiger partial charge on any atom is 0.338 e. The van der Waals surface area contributed by atoms with Gasteiger partial charge in [0.1, 0.15) is 6.61 Å². The van der Waals surface area contributed by atoms with Crippen molar-refractivity contribution in [2.75, 3.05) is 37.8 Å². The SMILES string of the molecule is CC1(COC(=O)c2ccc(N3CCNC3=O)cc2)COC1. The fraction of sp³-hybridized carbons (Fsp3) is 0.467. The summed E-state index contributed by atoms with van der Waals surface area (Å²) >= 11 is 0. The van der Waals surface area contributed by atoms with Crippen LogP contribution in [0.2, 0.25) is 0 Å². The van der Waals surface area contributed by atoms with Crippen LogP contribution >= 0.6 is 0 Å². The Hall–Kier alpha value is -2.08. The molecule has 6 heteroatoms. The molecule has 1 aromatic carbocycles. The molecule has 2 amide bonds. The highest BCUT2D eigenvalue weighted by Gasteiger charge is 2.35. The third kappa shape index (κ3) is 2.85. The first-order chi connectivity index (χ1) is 10.1. The number of benzene rings is 1. The van der Waals surface area contributed by atoms with E-state index in [-0.39, 0.29) is 17.4 Å². The Bertz CT molecular complexity index is 551. The lowest BCUT2D eigenvalue weighted by molar-refractivity contribution is -0.127. The molecular weight excluding hydrogens is 272 g/mol. The van der Waals surface area contributed by atoms with E-state index in [1.165, 1.54) is 0 Å². The second-order valence-electron chi connectivity index (χ2n) is 5.81. The summed E-state index contributed by atoms with van der Waals surface area (Å²) in [5.74, 6) is -0.347. The van der Waals surface area contributed by atoms with Gasteiger partial charge in [-0.2, -0.15) is 0 Å². The molecule has 0 saturated carbocycles. The Kier molecular flexibility index (Phi) is 3.55. The molecular formula is C15H18N2O4. The second-order valence-corrected chi connectivity index (χ2v) is 5.81. The van der Waals surface area contributed by atoms with Crippen LogP contribution in [-0.4, -0.2) is 44.9 Å². The van der Waals surface area contributed by atoms with E-state index in [1.54, 1.807) is 29.2 Å². The topological polar surface area (TPSA) is 67.9 Å². The van der Waals surface area contributed by atoms with Crippen LogP contribution in [0.1, 0.15) is 17.3 Å². The molecule has 2 aliphatic heterocycles. The molecule has 1 aromatic rings. The van der Waals surface area contributed by atoms with E-state index in [0.717, 1.165) is 5.69 Å². The number of carbonyl (C=O) groups excluding carboxylic acids is 2. The van der Waals surface area contributed by atoms with Gasteiger partial charge < -0.3 is 14.8 Å². The van der Waals surface area contributed by atoms with E-state index in [1.807, 2.05) is 6.92 Å². The van der Waals surface area contributed by atoms with Gasteiger partial charge in [0.25, 0.3) is 0 Å². The minimum absolute atomic E-state index is 0.0523. The Labute approximate surface area is 123 Å². The van der Waals surface area contributed by atoms with Gasteiger partial charge in [0.05, 0.1) is 18.8 Å². The molecule has 6 nitrogen and oxygen atoms in total. The lowest BCUT2D eigenvalue weighted by atomic mass is 9.90. The van der Waals surface area contributed by atoms with Gasteiger partial charge >= 0.3 is 12.0 Å². The predicted molar refractivity (Wildman–Crippen MR) is 76.4 cm³/mol. The molecule has 0 radical (unpaired) electrons. The molecule has 2 saturated heterocycles. The van der Waals surface area contributed by atoms with Crippen molar-refractivity contribution >= 4 is 17.7 Å². The molecule has 0 aromatic heterocycles. The minimum Gasteiger partial charge on any atom is -0.461 e. The van der Waals surface area contributed by atoms with Crippen LogP contribution in [0.5, 0.6) is 0 Å². The number of nitrogens with zero attached hydrogens (tertiary/aromatic N) is 1. The maximum atomic E-state index is 12.0. The standard InChI is InChI=1S/C15H18N2O4/c1-15(8-20-9-15)10-21-13(18)11-2-4-12(5-3-11)17-7-6-16-14(17)19/h2-5H,6-10H2,1H3,(H,16,19). The third-order valence-electron chi connectivity index (χ3n) is 3.72. The van der Waals surface area contributed by atoms with Crippen molar-refractivity contribution in [2.45, 2.75) is 6.92 Å². The van der Waals surface area contributed by atoms with Crippen molar-refractivity contribution in [3.63, 3.8) is 0 Å². The molecule has 21 heavy (non-hydrogen) atoms. The highest BCUT2D eigenvalue weighted by atomic mass is 16.5. The van der Waals surface area contributed by atoms with E-state index in [9.17, 15) is 9.59 Å². The Balaban J connectivity index is 1.60. The van der Waals surface area contributed by atoms with Gasteiger partial charge in [0.2, 0.25) is 0 Å². The summed E-state index contributed by atoms with van der Waals surface area (Å²) in [6.45, 7) is 4.93. The van der Waals surface area contributed by atoms with Gasteiger partial charge in [-0.15, -0.1) is 0 Å². The van der Waals surface area contributed by atoms with Gasteiger partial charge in [-0.05, 0) is 24.3 Å². The summed E-state index contributed by atoms with van der Waals surface area (Å²) in [5.41, 5.74) is 1.21. The van der Waals surface area contributed by atoms with Gasteiger partial charge in [-0.1, -0.05) is 6.92 Å². The molecule has 3 rings (SSSR count). The quantitative estimate of drug-likeness (QED) is 0.851. The van der Waals surface area contributed by atoms with Crippen molar-refractivity contribution in [2.24, 2.45) is 5.41 Å². The van der Waals surface area contributed by atoms with Crippen LogP contribution in [0.3, 0.4) is 0 Å². The Morgan fingerprint density at radius 3 is 2.62 bits per heavy atom. The largest absolute Gasteiger partial charge is 0.461 e. The lowest BCUT2D eigenvalue weighted by Gasteiger charge is -2.37. The minimum atomic E-state index is -0.347. The number of nitrogens with one attached hydrogen (secondary N) is 1. The smallest absolute Gasteiger partial charge is 0.338 e. The second kappa shape index (κ2) is 5.37. The number of hydrogen-bond acceptors (Lipinski definition) is 4. The van der Waals surface area contributed by atoms with E-state index in [4.69, 9.17) is 9.47 Å². The number of carbonyl (C=O) groups is 2. The first-order valence-corrected chi connectivity index (χ1v) is 6.98. The zero-order valence-electron chi connectivity index (χ0n) is 11.9. The summed E-state index contributed by atoms with van der Waals surface area (Å²) < 4.78 is 10.4. The fourth-order valence-corrected chi connectivity index (χ4v) is 2.35. The van der Waals surface area contributed by atoms with Crippen molar-refractivity contribution < 1.29 is 19.1 Å². The monoisotopic (exact) mass is 290 g/mol. The summed E-state index contributed by atoms with van der Waals surface area (Å²) in [5, 5.41) is 2.74. The first-order valence-electron chi connectivity index (χ1n) is 6.98. The normalized spacial score (nSPS) is 19.9. The van der Waals surface area contributed by atoms with Crippen LogP contribution in [0.4, 0.5) is 10.5 Å². The van der Waals surface area contributed by atoms with E-state index in [0.29, 0.717) is 38.5 Å². The van der Waals surface area contributed by atoms with Crippen LogP contribution in [-0.2, 0) is 9.47 Å². The summed E-state index contributed by atoms with van der Waals surface area (Å²) in [4.78, 5) is 25.2. The van der Waals surface area contributed by atoms with Gasteiger partial charge in [0, 0.05) is 24.2 Å². The molecule has 0 bridgehead atoms. The maximum absolute atomic E-state index is 12.0. The summed E-state index contributed by atoms with van der Waals surface area (Å²) in [6.07, 6.45) is 0. The van der Waals surface area contributed by atoms with Crippen molar-refractivity contribution in [1.29, 1.82) is 0 Å². The number of urea groups is 1. The number of ether oxygens (including phenoxy) is 2. The molecule has 1 N–H and O–H groups in total. The molecule has 2 fully saturated rings. The molecule has 0 unspecified atom stereocenters. The molecule has 0 aliphatic carbocycles. The fourth-order valence-electron chi connectivity index (χ4n) is 2.35. The average molecular weight is 290 g/mol. The molecule has 2 aliphatic rings. The van der Waals surface area contributed by atoms with Gasteiger partial charge in [-0.3, -0.25) is 4.90 Å². The molecule has 2 heterocycles. The lowest BCUT2D eigenvalue weighted by Crippen LogP contribution is -2.44. The Morgan fingerprint density at radius 2 is 2.10 bits per heavy atom. The highest BCUT2D eigenvalue weighted by molar-refractivity contribution is 5.95. The van der Waals surface area contributed by atoms with Crippen molar-refractivity contribution in [3.05, 3.63) is 29.8 Å². The van der Waals surface area contributed by atoms with Crippen LogP contribution in [0.15, 0.2) is 24.3 Å². The summed E-state index contributed by atoms with van der Waals surface area (Å²) in [7, 11) is 0. The van der Waals surface area contributed by atoms with Crippen LogP contribution in [0, 0.1) is 5.41 Å². The van der Waals surface area contributed by atoms with Crippen molar-refractivity contribution in [1.82, 2.24) is 5.32 Å². The van der Waals surface area contributed by atoms with E-state index >= 15 is 0 Å². The van der Waals surface area contributed by atoms with Crippen LogP contribution in [0.25, 0.3) is 0 Å².